The van der Waals surface area contributed by atoms with Gasteiger partial charge in [0.25, 0.3) is 0 Å². The maximum Gasteiger partial charge on any atom is 0.0739 e. The molecule has 88 valence electrons. The molecule has 2 aromatic heterocycles. The lowest BCUT2D eigenvalue weighted by Gasteiger charge is -2.08. The lowest BCUT2D eigenvalue weighted by Crippen LogP contribution is -1.93. The Morgan fingerprint density at radius 3 is 2.78 bits per heavy atom. The highest BCUT2D eigenvalue weighted by Crippen LogP contribution is 2.28. The fraction of sp³-hybridized carbons (Fsp3) is 0.0667. The van der Waals surface area contributed by atoms with E-state index in [4.69, 9.17) is 5.73 Å². The van der Waals surface area contributed by atoms with Crippen LogP contribution >= 0.6 is 0 Å². The smallest absolute Gasteiger partial charge is 0.0739 e. The maximum atomic E-state index is 5.74. The minimum atomic E-state index is 0.689. The average Bonchev–Trinajstić information content (AvgIpc) is 2.38. The summed E-state index contributed by atoms with van der Waals surface area (Å²) in [6.07, 6.45) is 3.49. The number of fused-ring (bicyclic) bond motifs is 1. The molecule has 1 aromatic carbocycles. The van der Waals surface area contributed by atoms with E-state index in [9.17, 15) is 0 Å². The molecule has 0 amide bonds. The summed E-state index contributed by atoms with van der Waals surface area (Å²) < 4.78 is 0. The van der Waals surface area contributed by atoms with Crippen LogP contribution in [0.2, 0.25) is 0 Å². The molecule has 0 aliphatic carbocycles. The van der Waals surface area contributed by atoms with Crippen molar-refractivity contribution >= 4 is 16.6 Å². The minimum absolute atomic E-state index is 0.689. The molecule has 0 radical (unpaired) electrons. The Kier molecular flexibility index (Phi) is 2.45. The van der Waals surface area contributed by atoms with E-state index in [0.29, 0.717) is 5.69 Å². The summed E-state index contributed by atoms with van der Waals surface area (Å²) >= 11 is 0. The monoisotopic (exact) mass is 235 g/mol. The van der Waals surface area contributed by atoms with Crippen LogP contribution in [0.15, 0.2) is 48.8 Å². The van der Waals surface area contributed by atoms with Gasteiger partial charge in [-0.3, -0.25) is 9.97 Å². The van der Waals surface area contributed by atoms with Crippen LogP contribution in [0.4, 0.5) is 5.69 Å². The second-order valence-corrected chi connectivity index (χ2v) is 4.31. The average molecular weight is 235 g/mol. The van der Waals surface area contributed by atoms with Crippen LogP contribution in [0.25, 0.3) is 22.2 Å². The van der Waals surface area contributed by atoms with Crippen LogP contribution in [0, 0.1) is 6.92 Å². The number of aryl methyl sites for hydroxylation is 1. The van der Waals surface area contributed by atoms with E-state index in [0.717, 1.165) is 27.7 Å². The van der Waals surface area contributed by atoms with Crippen LogP contribution in [0.1, 0.15) is 5.56 Å². The molecule has 2 heterocycles. The molecule has 0 unspecified atom stereocenters. The minimum Gasteiger partial charge on any atom is -0.397 e. The van der Waals surface area contributed by atoms with Crippen molar-refractivity contribution in [1.82, 2.24) is 9.97 Å². The van der Waals surface area contributed by atoms with Crippen LogP contribution in [-0.2, 0) is 0 Å². The summed E-state index contributed by atoms with van der Waals surface area (Å²) in [6.45, 7) is 2.02. The summed E-state index contributed by atoms with van der Waals surface area (Å²) in [5.41, 5.74) is 10.5. The standard InChI is InChI=1S/C15H13N3/c1-10-8-11(16)9-18-15(10)13-4-2-6-14-12(13)5-3-7-17-14/h2-9H,16H2,1H3. The Morgan fingerprint density at radius 1 is 1.06 bits per heavy atom. The molecule has 0 aliphatic heterocycles. The highest BCUT2D eigenvalue weighted by atomic mass is 14.7. The lowest BCUT2D eigenvalue weighted by atomic mass is 10.0. The third-order valence-corrected chi connectivity index (χ3v) is 3.00. The zero-order valence-electron chi connectivity index (χ0n) is 10.1. The summed E-state index contributed by atoms with van der Waals surface area (Å²) in [5.74, 6) is 0. The van der Waals surface area contributed by atoms with Crippen molar-refractivity contribution in [2.45, 2.75) is 6.92 Å². The number of pyridine rings is 2. The molecule has 2 N–H and O–H groups in total. The molecule has 3 heteroatoms. The predicted molar refractivity (Wildman–Crippen MR) is 74.1 cm³/mol. The number of anilines is 1. The molecule has 0 spiro atoms. The number of nitrogens with zero attached hydrogens (tertiary/aromatic N) is 2. The second kappa shape index (κ2) is 4.11. The molecule has 3 rings (SSSR count). The Labute approximate surface area is 105 Å². The molecule has 0 saturated carbocycles. The Hall–Kier alpha value is -2.42. The summed E-state index contributed by atoms with van der Waals surface area (Å²) in [6, 6.07) is 12.0. The van der Waals surface area contributed by atoms with Gasteiger partial charge >= 0.3 is 0 Å². The van der Waals surface area contributed by atoms with Crippen LogP contribution in [0.5, 0.6) is 0 Å². The van der Waals surface area contributed by atoms with Gasteiger partial charge in [0.05, 0.1) is 23.1 Å². The maximum absolute atomic E-state index is 5.74. The van der Waals surface area contributed by atoms with Gasteiger partial charge in [-0.1, -0.05) is 18.2 Å². The first-order valence-corrected chi connectivity index (χ1v) is 5.82. The molecule has 0 saturated heterocycles. The van der Waals surface area contributed by atoms with Crippen molar-refractivity contribution in [3.05, 3.63) is 54.4 Å². The van der Waals surface area contributed by atoms with Crippen LogP contribution < -0.4 is 5.73 Å². The van der Waals surface area contributed by atoms with Gasteiger partial charge in [-0.15, -0.1) is 0 Å². The summed E-state index contributed by atoms with van der Waals surface area (Å²) in [4.78, 5) is 8.81. The molecule has 0 bridgehead atoms. The molecule has 0 fully saturated rings. The van der Waals surface area contributed by atoms with Gasteiger partial charge in [-0.2, -0.15) is 0 Å². The van der Waals surface area contributed by atoms with Crippen molar-refractivity contribution in [2.24, 2.45) is 0 Å². The van der Waals surface area contributed by atoms with Gasteiger partial charge < -0.3 is 5.73 Å². The zero-order chi connectivity index (χ0) is 12.5. The van der Waals surface area contributed by atoms with E-state index in [2.05, 4.69) is 22.1 Å². The first-order valence-electron chi connectivity index (χ1n) is 5.82. The molecule has 3 aromatic rings. The number of hydrogen-bond donors (Lipinski definition) is 1. The predicted octanol–water partition coefficient (Wildman–Crippen LogP) is 3.19. The van der Waals surface area contributed by atoms with Gasteiger partial charge in [0.1, 0.15) is 0 Å². The second-order valence-electron chi connectivity index (χ2n) is 4.31. The number of nitrogen functional groups attached to an aromatic ring is 1. The van der Waals surface area contributed by atoms with Crippen molar-refractivity contribution < 1.29 is 0 Å². The summed E-state index contributed by atoms with van der Waals surface area (Å²) in [5, 5.41) is 1.11. The van der Waals surface area contributed by atoms with E-state index in [1.54, 1.807) is 12.4 Å². The molecule has 0 atom stereocenters. The molecule has 3 nitrogen and oxygen atoms in total. The third-order valence-electron chi connectivity index (χ3n) is 3.00. The Bertz CT molecular complexity index is 715. The normalized spacial score (nSPS) is 10.7. The van der Waals surface area contributed by atoms with Gasteiger partial charge in [-0.25, -0.2) is 0 Å². The fourth-order valence-electron chi connectivity index (χ4n) is 2.19. The number of nitrogens with two attached hydrogens (primary N) is 1. The van der Waals surface area contributed by atoms with E-state index in [-0.39, 0.29) is 0 Å². The van der Waals surface area contributed by atoms with E-state index >= 15 is 0 Å². The van der Waals surface area contributed by atoms with Gasteiger partial charge in [0.2, 0.25) is 0 Å². The van der Waals surface area contributed by atoms with Crippen molar-refractivity contribution in [2.75, 3.05) is 5.73 Å². The highest BCUT2D eigenvalue weighted by Gasteiger charge is 2.08. The zero-order valence-corrected chi connectivity index (χ0v) is 10.1. The van der Waals surface area contributed by atoms with Crippen molar-refractivity contribution in [1.29, 1.82) is 0 Å². The molecular formula is C15H13N3. The van der Waals surface area contributed by atoms with Gasteiger partial charge in [-0.05, 0) is 30.7 Å². The Morgan fingerprint density at radius 2 is 1.94 bits per heavy atom. The van der Waals surface area contributed by atoms with E-state index in [1.807, 2.05) is 31.2 Å². The Balaban J connectivity index is 2.31. The fourth-order valence-corrected chi connectivity index (χ4v) is 2.19. The number of hydrogen-bond acceptors (Lipinski definition) is 3. The lowest BCUT2D eigenvalue weighted by molar-refractivity contribution is 1.28. The van der Waals surface area contributed by atoms with E-state index in [1.165, 1.54) is 0 Å². The van der Waals surface area contributed by atoms with Crippen molar-refractivity contribution in [3.8, 4) is 11.3 Å². The molecule has 18 heavy (non-hydrogen) atoms. The first kappa shape index (κ1) is 10.7. The first-order chi connectivity index (χ1) is 8.75. The molecule has 0 aliphatic rings. The van der Waals surface area contributed by atoms with Crippen LogP contribution in [-0.4, -0.2) is 9.97 Å². The SMILES string of the molecule is Cc1cc(N)cnc1-c1cccc2ncccc12. The van der Waals surface area contributed by atoms with Crippen LogP contribution in [0.3, 0.4) is 0 Å². The number of benzene rings is 1. The summed E-state index contributed by atoms with van der Waals surface area (Å²) in [7, 11) is 0. The van der Waals surface area contributed by atoms with E-state index < -0.39 is 0 Å². The van der Waals surface area contributed by atoms with Crippen molar-refractivity contribution in [3.63, 3.8) is 0 Å². The van der Waals surface area contributed by atoms with Gasteiger partial charge in [0, 0.05) is 17.1 Å². The highest BCUT2D eigenvalue weighted by molar-refractivity contribution is 5.94. The number of aromatic nitrogens is 2. The van der Waals surface area contributed by atoms with Gasteiger partial charge in [0.15, 0.2) is 0 Å². The quantitative estimate of drug-likeness (QED) is 0.704. The topological polar surface area (TPSA) is 51.8 Å². The third kappa shape index (κ3) is 1.70. The largest absolute Gasteiger partial charge is 0.397 e. The molecular weight excluding hydrogens is 222 g/mol. The number of rotatable bonds is 1.